The van der Waals surface area contributed by atoms with Crippen molar-refractivity contribution in [2.24, 2.45) is 14.1 Å². The Morgan fingerprint density at radius 1 is 1.09 bits per heavy atom. The summed E-state index contributed by atoms with van der Waals surface area (Å²) < 4.78 is 8.45. The van der Waals surface area contributed by atoms with Gasteiger partial charge in [0.2, 0.25) is 0 Å². The highest BCUT2D eigenvalue weighted by atomic mass is 35.5. The van der Waals surface area contributed by atoms with E-state index in [2.05, 4.69) is 5.32 Å². The van der Waals surface area contributed by atoms with Gasteiger partial charge in [0.1, 0.15) is 5.75 Å². The third-order valence-electron chi connectivity index (χ3n) is 3.98. The molecule has 3 rings (SSSR count). The Labute approximate surface area is 139 Å². The number of anilines is 1. The number of nitrogens with one attached hydrogen (secondary N) is 1. The molecule has 0 amide bonds. The van der Waals surface area contributed by atoms with Gasteiger partial charge in [0.25, 0.3) is 0 Å². The molecule has 1 N–H and O–H groups in total. The summed E-state index contributed by atoms with van der Waals surface area (Å²) in [6.45, 7) is 0.641. The summed E-state index contributed by atoms with van der Waals surface area (Å²) >= 11 is 6.12. The van der Waals surface area contributed by atoms with E-state index in [9.17, 15) is 4.79 Å². The van der Waals surface area contributed by atoms with E-state index in [0.29, 0.717) is 17.3 Å². The average molecular weight is 332 g/mol. The topological polar surface area (TPSA) is 48.2 Å². The van der Waals surface area contributed by atoms with Crippen LogP contribution in [0.3, 0.4) is 0 Å². The standard InChI is InChI=1S/C17H18ClN3O2/c1-20-14-6-4-11(8-15(14)21(2)17(20)22)10-19-12-5-7-16(23-3)13(18)9-12/h4-9,19H,10H2,1-3H3. The first-order chi connectivity index (χ1) is 11.0. The van der Waals surface area contributed by atoms with Crippen LogP contribution in [0.1, 0.15) is 5.56 Å². The highest BCUT2D eigenvalue weighted by molar-refractivity contribution is 6.32. The van der Waals surface area contributed by atoms with E-state index >= 15 is 0 Å². The van der Waals surface area contributed by atoms with Gasteiger partial charge in [0.05, 0.1) is 23.2 Å². The van der Waals surface area contributed by atoms with Crippen LogP contribution >= 0.6 is 11.6 Å². The van der Waals surface area contributed by atoms with E-state index in [-0.39, 0.29) is 5.69 Å². The van der Waals surface area contributed by atoms with E-state index in [0.717, 1.165) is 22.3 Å². The number of hydrogen-bond donors (Lipinski definition) is 1. The summed E-state index contributed by atoms with van der Waals surface area (Å²) in [5, 5.41) is 3.89. The molecule has 1 heterocycles. The molecule has 0 unspecified atom stereocenters. The number of methoxy groups -OCH3 is 1. The number of nitrogens with zero attached hydrogens (tertiary/aromatic N) is 2. The zero-order valence-electron chi connectivity index (χ0n) is 13.3. The lowest BCUT2D eigenvalue weighted by Crippen LogP contribution is -2.19. The molecule has 0 spiro atoms. The third kappa shape index (κ3) is 2.80. The van der Waals surface area contributed by atoms with Gasteiger partial charge < -0.3 is 10.1 Å². The van der Waals surface area contributed by atoms with Crippen molar-refractivity contribution in [3.63, 3.8) is 0 Å². The smallest absolute Gasteiger partial charge is 0.328 e. The minimum atomic E-state index is -0.0213. The van der Waals surface area contributed by atoms with Gasteiger partial charge in [0.15, 0.2) is 0 Å². The van der Waals surface area contributed by atoms with Crippen molar-refractivity contribution in [2.75, 3.05) is 12.4 Å². The summed E-state index contributed by atoms with van der Waals surface area (Å²) in [5.41, 5.74) is 3.83. The van der Waals surface area contributed by atoms with Gasteiger partial charge in [-0.3, -0.25) is 9.13 Å². The Morgan fingerprint density at radius 3 is 2.52 bits per heavy atom. The second kappa shape index (κ2) is 6.01. The monoisotopic (exact) mass is 331 g/mol. The van der Waals surface area contributed by atoms with Gasteiger partial charge in [-0.05, 0) is 35.9 Å². The summed E-state index contributed by atoms with van der Waals surface area (Å²) in [6, 6.07) is 11.6. The van der Waals surface area contributed by atoms with Crippen LogP contribution < -0.4 is 15.7 Å². The molecule has 120 valence electrons. The van der Waals surface area contributed by atoms with Gasteiger partial charge >= 0.3 is 5.69 Å². The summed E-state index contributed by atoms with van der Waals surface area (Å²) in [5.74, 6) is 0.651. The first-order valence-corrected chi connectivity index (χ1v) is 7.61. The largest absolute Gasteiger partial charge is 0.495 e. The Bertz CT molecular complexity index is 927. The van der Waals surface area contributed by atoms with E-state index in [1.165, 1.54) is 0 Å². The number of rotatable bonds is 4. The Balaban J connectivity index is 1.83. The van der Waals surface area contributed by atoms with Crippen LogP contribution in [0.2, 0.25) is 5.02 Å². The Morgan fingerprint density at radius 2 is 1.83 bits per heavy atom. The minimum absolute atomic E-state index is 0.0213. The number of benzene rings is 2. The molecule has 0 aliphatic heterocycles. The van der Waals surface area contributed by atoms with E-state index < -0.39 is 0 Å². The van der Waals surface area contributed by atoms with E-state index in [1.807, 2.05) is 36.4 Å². The molecule has 3 aromatic rings. The van der Waals surface area contributed by atoms with Gasteiger partial charge in [-0.25, -0.2) is 4.79 Å². The SMILES string of the molecule is COc1ccc(NCc2ccc3c(c2)n(C)c(=O)n3C)cc1Cl. The fourth-order valence-corrected chi connectivity index (χ4v) is 2.90. The minimum Gasteiger partial charge on any atom is -0.495 e. The zero-order chi connectivity index (χ0) is 16.6. The molecule has 0 aliphatic carbocycles. The third-order valence-corrected chi connectivity index (χ3v) is 4.28. The molecule has 1 aromatic heterocycles. The number of imidazole rings is 1. The quantitative estimate of drug-likeness (QED) is 0.799. The molecule has 0 aliphatic rings. The van der Waals surface area contributed by atoms with Crippen LogP contribution in [-0.2, 0) is 20.6 Å². The van der Waals surface area contributed by atoms with E-state index in [4.69, 9.17) is 16.3 Å². The number of hydrogen-bond acceptors (Lipinski definition) is 3. The van der Waals surface area contributed by atoms with Crippen molar-refractivity contribution in [3.05, 3.63) is 57.5 Å². The molecule has 23 heavy (non-hydrogen) atoms. The summed E-state index contributed by atoms with van der Waals surface area (Å²) in [4.78, 5) is 12.0. The van der Waals surface area contributed by atoms with Crippen molar-refractivity contribution in [2.45, 2.75) is 6.54 Å². The molecule has 0 radical (unpaired) electrons. The van der Waals surface area contributed by atoms with Gasteiger partial charge in [-0.2, -0.15) is 0 Å². The Kier molecular flexibility index (Phi) is 4.05. The lowest BCUT2D eigenvalue weighted by Gasteiger charge is -2.09. The van der Waals surface area contributed by atoms with Gasteiger partial charge in [-0.1, -0.05) is 17.7 Å². The number of halogens is 1. The fraction of sp³-hybridized carbons (Fsp3) is 0.235. The maximum absolute atomic E-state index is 12.0. The predicted molar refractivity (Wildman–Crippen MR) is 93.5 cm³/mol. The second-order valence-corrected chi connectivity index (χ2v) is 5.83. The second-order valence-electron chi connectivity index (χ2n) is 5.43. The van der Waals surface area contributed by atoms with Crippen LogP contribution in [0.15, 0.2) is 41.2 Å². The van der Waals surface area contributed by atoms with Crippen molar-refractivity contribution >= 4 is 28.3 Å². The van der Waals surface area contributed by atoms with Crippen LogP contribution in [0.4, 0.5) is 5.69 Å². The lowest BCUT2D eigenvalue weighted by molar-refractivity contribution is 0.415. The van der Waals surface area contributed by atoms with Crippen LogP contribution in [0.25, 0.3) is 11.0 Å². The number of aromatic nitrogens is 2. The molecule has 2 aromatic carbocycles. The average Bonchev–Trinajstić information content (AvgIpc) is 2.77. The van der Waals surface area contributed by atoms with Gasteiger partial charge in [0, 0.05) is 26.3 Å². The highest BCUT2D eigenvalue weighted by Crippen LogP contribution is 2.27. The molecule has 6 heteroatoms. The molecule has 0 saturated carbocycles. The van der Waals surface area contributed by atoms with E-state index in [1.54, 1.807) is 30.3 Å². The van der Waals surface area contributed by atoms with Crippen molar-refractivity contribution in [1.29, 1.82) is 0 Å². The molecular weight excluding hydrogens is 314 g/mol. The normalized spacial score (nSPS) is 11.0. The van der Waals surface area contributed by atoms with Crippen molar-refractivity contribution in [3.8, 4) is 5.75 Å². The number of aryl methyl sites for hydroxylation is 2. The first-order valence-electron chi connectivity index (χ1n) is 7.23. The molecule has 5 nitrogen and oxygen atoms in total. The predicted octanol–water partition coefficient (Wildman–Crippen LogP) is 3.15. The zero-order valence-corrected chi connectivity index (χ0v) is 14.0. The van der Waals surface area contributed by atoms with Crippen molar-refractivity contribution < 1.29 is 4.74 Å². The summed E-state index contributed by atoms with van der Waals surface area (Å²) in [6.07, 6.45) is 0. The molecule has 0 atom stereocenters. The first kappa shape index (κ1) is 15.5. The number of ether oxygens (including phenoxy) is 1. The Hall–Kier alpha value is -2.40. The van der Waals surface area contributed by atoms with Crippen LogP contribution in [0, 0.1) is 0 Å². The molecule has 0 fully saturated rings. The molecular formula is C17H18ClN3O2. The van der Waals surface area contributed by atoms with Crippen molar-refractivity contribution in [1.82, 2.24) is 9.13 Å². The maximum atomic E-state index is 12.0. The lowest BCUT2D eigenvalue weighted by atomic mass is 10.2. The van der Waals surface area contributed by atoms with Gasteiger partial charge in [-0.15, -0.1) is 0 Å². The molecule has 0 bridgehead atoms. The molecule has 0 saturated heterocycles. The summed E-state index contributed by atoms with van der Waals surface area (Å²) in [7, 11) is 5.15. The maximum Gasteiger partial charge on any atom is 0.328 e. The van der Waals surface area contributed by atoms with Crippen LogP contribution in [-0.4, -0.2) is 16.2 Å². The highest BCUT2D eigenvalue weighted by Gasteiger charge is 2.08. The fourth-order valence-electron chi connectivity index (χ4n) is 2.64. The number of fused-ring (bicyclic) bond motifs is 1. The van der Waals surface area contributed by atoms with Crippen LogP contribution in [0.5, 0.6) is 5.75 Å².